The van der Waals surface area contributed by atoms with Gasteiger partial charge in [-0.3, -0.25) is 5.32 Å². The Morgan fingerprint density at radius 2 is 2.21 bits per heavy atom. The molecule has 2 rings (SSSR count). The van der Waals surface area contributed by atoms with E-state index in [0.29, 0.717) is 5.13 Å². The number of hydrogen-bond donors (Lipinski definition) is 1. The summed E-state index contributed by atoms with van der Waals surface area (Å²) in [5.74, 6) is 0. The number of ether oxygens (including phenoxy) is 1. The van der Waals surface area contributed by atoms with E-state index in [0.717, 1.165) is 17.6 Å². The van der Waals surface area contributed by atoms with E-state index in [1.807, 2.05) is 0 Å². The highest BCUT2D eigenvalue weighted by molar-refractivity contribution is 7.91. The number of thiophene rings is 1. The third-order valence-electron chi connectivity index (χ3n) is 1.89. The molecule has 0 radical (unpaired) electrons. The average molecular weight is 339 g/mol. The molecule has 2 aromatic heterocycles. The molecule has 0 bridgehead atoms. The molecule has 0 aromatic carbocycles. The Hall–Kier alpha value is -1.16. The van der Waals surface area contributed by atoms with Crippen LogP contribution >= 0.6 is 34.3 Å². The second-order valence-corrected chi connectivity index (χ2v) is 7.42. The van der Waals surface area contributed by atoms with Gasteiger partial charge in [-0.25, -0.2) is 18.2 Å². The number of aromatic nitrogens is 1. The number of rotatable bonds is 3. The molecule has 19 heavy (non-hydrogen) atoms. The Bertz CT molecular complexity index is 693. The minimum absolute atomic E-state index is 0.0242. The molecular weight excluding hydrogens is 332 g/mol. The number of carbonyl (C=O) groups is 1. The van der Waals surface area contributed by atoms with Crippen molar-refractivity contribution >= 4 is 55.3 Å². The summed E-state index contributed by atoms with van der Waals surface area (Å²) in [5, 5.41) is 5.71. The van der Waals surface area contributed by atoms with Crippen molar-refractivity contribution in [1.82, 2.24) is 4.98 Å². The third kappa shape index (κ3) is 3.44. The Morgan fingerprint density at radius 1 is 1.47 bits per heavy atom. The van der Waals surface area contributed by atoms with Gasteiger partial charge in [0.2, 0.25) is 5.06 Å². The van der Waals surface area contributed by atoms with E-state index in [4.69, 9.17) is 16.3 Å². The molecule has 1 amide bonds. The van der Waals surface area contributed by atoms with Crippen LogP contribution in [0.5, 0.6) is 5.06 Å². The van der Waals surface area contributed by atoms with Crippen molar-refractivity contribution in [3.8, 4) is 5.06 Å². The van der Waals surface area contributed by atoms with E-state index >= 15 is 0 Å². The van der Waals surface area contributed by atoms with E-state index in [-0.39, 0.29) is 15.0 Å². The zero-order valence-electron chi connectivity index (χ0n) is 9.41. The van der Waals surface area contributed by atoms with Crippen LogP contribution in [-0.2, 0) is 9.84 Å². The van der Waals surface area contributed by atoms with Gasteiger partial charge in [-0.15, -0.1) is 22.7 Å². The van der Waals surface area contributed by atoms with Crippen LogP contribution in [0, 0.1) is 0 Å². The number of amides is 1. The maximum Gasteiger partial charge on any atom is 0.419 e. The lowest BCUT2D eigenvalue weighted by Gasteiger charge is -2.02. The van der Waals surface area contributed by atoms with Gasteiger partial charge in [-0.1, -0.05) is 11.6 Å². The summed E-state index contributed by atoms with van der Waals surface area (Å²) >= 11 is 8.01. The molecule has 1 N–H and O–H groups in total. The highest BCUT2D eigenvalue weighted by Crippen LogP contribution is 2.38. The highest BCUT2D eigenvalue weighted by Gasteiger charge is 2.21. The Labute approximate surface area is 121 Å². The number of sulfone groups is 1. The molecule has 0 aliphatic heterocycles. The first-order valence-corrected chi connectivity index (χ1v) is 8.76. The van der Waals surface area contributed by atoms with Crippen molar-refractivity contribution in [3.63, 3.8) is 0 Å². The lowest BCUT2D eigenvalue weighted by molar-refractivity contribution is 0.216. The predicted molar refractivity (Wildman–Crippen MR) is 74.2 cm³/mol. The normalized spacial score (nSPS) is 11.3. The lowest BCUT2D eigenvalue weighted by Crippen LogP contribution is -2.16. The molecule has 102 valence electrons. The Balaban J connectivity index is 2.12. The first kappa shape index (κ1) is 14.3. The minimum Gasteiger partial charge on any atom is -0.397 e. The van der Waals surface area contributed by atoms with Gasteiger partial charge >= 0.3 is 6.09 Å². The predicted octanol–water partition coefficient (Wildman–Crippen LogP) is 2.87. The number of hydrogen-bond acceptors (Lipinski definition) is 7. The molecule has 0 saturated carbocycles. The second-order valence-electron chi connectivity index (χ2n) is 3.33. The van der Waals surface area contributed by atoms with Crippen LogP contribution < -0.4 is 10.1 Å². The van der Waals surface area contributed by atoms with Crippen molar-refractivity contribution in [1.29, 1.82) is 0 Å². The Morgan fingerprint density at radius 3 is 2.74 bits per heavy atom. The lowest BCUT2D eigenvalue weighted by atomic mass is 10.6. The summed E-state index contributed by atoms with van der Waals surface area (Å²) in [6.07, 6.45) is 1.78. The van der Waals surface area contributed by atoms with E-state index in [1.165, 1.54) is 22.9 Å². The van der Waals surface area contributed by atoms with Crippen LogP contribution in [0.1, 0.15) is 0 Å². The van der Waals surface area contributed by atoms with E-state index in [2.05, 4.69) is 10.3 Å². The van der Waals surface area contributed by atoms with Gasteiger partial charge in [-0.05, 0) is 0 Å². The van der Waals surface area contributed by atoms with Crippen LogP contribution in [0.4, 0.5) is 9.93 Å². The first-order chi connectivity index (χ1) is 8.88. The summed E-state index contributed by atoms with van der Waals surface area (Å²) < 4.78 is 27.7. The van der Waals surface area contributed by atoms with Crippen LogP contribution in [0.2, 0.25) is 5.02 Å². The quantitative estimate of drug-likeness (QED) is 0.930. The van der Waals surface area contributed by atoms with Crippen molar-refractivity contribution in [2.75, 3.05) is 11.6 Å². The number of nitrogens with zero attached hydrogens (tertiary/aromatic N) is 1. The van der Waals surface area contributed by atoms with Gasteiger partial charge in [0.05, 0.1) is 4.90 Å². The Kier molecular flexibility index (Phi) is 4.09. The largest absolute Gasteiger partial charge is 0.419 e. The molecule has 0 spiro atoms. The van der Waals surface area contributed by atoms with Gasteiger partial charge in [0.1, 0.15) is 5.02 Å². The molecule has 0 saturated heterocycles. The molecule has 6 nitrogen and oxygen atoms in total. The summed E-state index contributed by atoms with van der Waals surface area (Å²) in [7, 11) is -3.44. The third-order valence-corrected chi connectivity index (χ3v) is 5.31. The van der Waals surface area contributed by atoms with Gasteiger partial charge in [0, 0.05) is 23.2 Å². The van der Waals surface area contributed by atoms with Gasteiger partial charge in [0.15, 0.2) is 15.0 Å². The summed E-state index contributed by atoms with van der Waals surface area (Å²) in [6, 6.07) is 0. The maximum atomic E-state index is 11.5. The number of carbonyl (C=O) groups excluding carboxylic acids is 1. The fourth-order valence-corrected chi connectivity index (χ4v) is 4.33. The zero-order valence-corrected chi connectivity index (χ0v) is 12.6. The van der Waals surface area contributed by atoms with Crippen LogP contribution in [0.15, 0.2) is 21.9 Å². The molecule has 2 aromatic rings. The van der Waals surface area contributed by atoms with Crippen molar-refractivity contribution in [2.45, 2.75) is 4.90 Å². The van der Waals surface area contributed by atoms with E-state index in [1.54, 1.807) is 5.38 Å². The van der Waals surface area contributed by atoms with E-state index in [9.17, 15) is 13.2 Å². The highest BCUT2D eigenvalue weighted by atomic mass is 35.5. The van der Waals surface area contributed by atoms with Gasteiger partial charge in [-0.2, -0.15) is 0 Å². The van der Waals surface area contributed by atoms with Crippen LogP contribution in [0.3, 0.4) is 0 Å². The molecular formula is C9H7ClN2O4S3. The standard InChI is InChI=1S/C9H7ClN2O4S3/c1-19(14,15)5-4-18-7(6(5)10)16-9(13)12-8-11-2-3-17-8/h2-4H,1H3,(H,11,12,13). The minimum atomic E-state index is -3.44. The van der Waals surface area contributed by atoms with E-state index < -0.39 is 15.9 Å². The zero-order chi connectivity index (χ0) is 14.0. The molecule has 0 atom stereocenters. The topological polar surface area (TPSA) is 85.4 Å². The number of nitrogens with one attached hydrogen (secondary N) is 1. The fourth-order valence-electron chi connectivity index (χ4n) is 1.11. The summed E-state index contributed by atoms with van der Waals surface area (Å²) in [4.78, 5) is 15.3. The van der Waals surface area contributed by atoms with Crippen molar-refractivity contribution in [2.24, 2.45) is 0 Å². The number of thiazole rings is 1. The fraction of sp³-hybridized carbons (Fsp3) is 0.111. The molecule has 0 fully saturated rings. The molecule has 0 unspecified atom stereocenters. The van der Waals surface area contributed by atoms with Gasteiger partial charge < -0.3 is 4.74 Å². The smallest absolute Gasteiger partial charge is 0.397 e. The molecule has 2 heterocycles. The van der Waals surface area contributed by atoms with Crippen LogP contribution in [0.25, 0.3) is 0 Å². The van der Waals surface area contributed by atoms with Crippen molar-refractivity contribution < 1.29 is 17.9 Å². The molecule has 0 aliphatic carbocycles. The molecule has 0 aliphatic rings. The van der Waals surface area contributed by atoms with Crippen LogP contribution in [-0.4, -0.2) is 25.8 Å². The number of halogens is 1. The summed E-state index contributed by atoms with van der Waals surface area (Å²) in [5.41, 5.74) is 0. The number of anilines is 1. The monoisotopic (exact) mass is 338 g/mol. The summed E-state index contributed by atoms with van der Waals surface area (Å²) in [6.45, 7) is 0. The van der Waals surface area contributed by atoms with Gasteiger partial charge in [0.25, 0.3) is 0 Å². The first-order valence-electron chi connectivity index (χ1n) is 4.73. The van der Waals surface area contributed by atoms with Crippen molar-refractivity contribution in [3.05, 3.63) is 22.0 Å². The maximum absolute atomic E-state index is 11.5. The second kappa shape index (κ2) is 5.45. The SMILES string of the molecule is CS(=O)(=O)c1csc(OC(=O)Nc2nccs2)c1Cl. The molecule has 10 heteroatoms. The average Bonchev–Trinajstić information content (AvgIpc) is 2.89.